The lowest BCUT2D eigenvalue weighted by atomic mass is 9.75. The van der Waals surface area contributed by atoms with Crippen molar-refractivity contribution in [2.75, 3.05) is 6.61 Å². The third kappa shape index (κ3) is 1.69. The van der Waals surface area contributed by atoms with Gasteiger partial charge in [-0.25, -0.2) is 4.79 Å². The van der Waals surface area contributed by atoms with Gasteiger partial charge < -0.3 is 4.74 Å². The normalized spacial score (nSPS) is 25.7. The third-order valence-corrected chi connectivity index (χ3v) is 3.12. The fourth-order valence-corrected chi connectivity index (χ4v) is 1.90. The van der Waals surface area contributed by atoms with E-state index < -0.39 is 11.8 Å². The average Bonchev–Trinajstić information content (AvgIpc) is 2.17. The van der Waals surface area contributed by atoms with Gasteiger partial charge >= 0.3 is 5.97 Å². The molecule has 1 rings (SSSR count). The van der Waals surface area contributed by atoms with Crippen molar-refractivity contribution in [2.45, 2.75) is 20.8 Å². The van der Waals surface area contributed by atoms with Crippen molar-refractivity contribution in [3.63, 3.8) is 0 Å². The smallest absolute Gasteiger partial charge is 0.379 e. The van der Waals surface area contributed by atoms with Crippen molar-refractivity contribution < 1.29 is 14.3 Å². The first kappa shape index (κ1) is 11.2. The Morgan fingerprint density at radius 2 is 1.93 bits per heavy atom. The minimum Gasteiger partial charge on any atom is -0.460 e. The van der Waals surface area contributed by atoms with Crippen LogP contribution in [0.1, 0.15) is 20.8 Å². The first-order valence-corrected chi connectivity index (χ1v) is 4.99. The molecule has 1 aliphatic carbocycles. The second kappa shape index (κ2) is 4.13. The van der Waals surface area contributed by atoms with Gasteiger partial charge in [0.25, 0.3) is 5.78 Å². The largest absolute Gasteiger partial charge is 0.460 e. The molecule has 0 radical (unpaired) electrons. The summed E-state index contributed by atoms with van der Waals surface area (Å²) in [4.78, 5) is 22.6. The second-order valence-electron chi connectivity index (χ2n) is 3.39. The summed E-state index contributed by atoms with van der Waals surface area (Å²) in [7, 11) is 0. The maximum atomic E-state index is 11.5. The van der Waals surface area contributed by atoms with Gasteiger partial charge in [-0.3, -0.25) is 4.79 Å². The number of carbonyl (C=O) groups is 2. The standard InChI is InChI=1S/C10H13ClO3/c1-4-14-10(13)9(12)7-5(2)6(3)8(7)11/h5-6H,4H2,1-3H3/t5?,6-/m1/s1. The van der Waals surface area contributed by atoms with E-state index in [1.807, 2.05) is 13.8 Å². The van der Waals surface area contributed by atoms with Crippen molar-refractivity contribution in [3.05, 3.63) is 10.6 Å². The minimum atomic E-state index is -0.806. The van der Waals surface area contributed by atoms with Crippen LogP contribution in [-0.2, 0) is 14.3 Å². The van der Waals surface area contributed by atoms with Crippen LogP contribution in [0, 0.1) is 11.8 Å². The first-order valence-electron chi connectivity index (χ1n) is 4.61. The van der Waals surface area contributed by atoms with Gasteiger partial charge in [0.15, 0.2) is 0 Å². The van der Waals surface area contributed by atoms with Gasteiger partial charge in [0, 0.05) is 10.6 Å². The summed E-state index contributed by atoms with van der Waals surface area (Å²) in [5, 5.41) is 0.496. The quantitative estimate of drug-likeness (QED) is 0.535. The summed E-state index contributed by atoms with van der Waals surface area (Å²) in [6.45, 7) is 5.67. The number of hydrogen-bond donors (Lipinski definition) is 0. The van der Waals surface area contributed by atoms with E-state index in [1.165, 1.54) is 0 Å². The average molecular weight is 217 g/mol. The SMILES string of the molecule is CCOC(=O)C(=O)C1=C(Cl)[C@H](C)C1C. The van der Waals surface area contributed by atoms with Crippen LogP contribution in [0.15, 0.2) is 10.6 Å². The number of esters is 1. The fourth-order valence-electron chi connectivity index (χ4n) is 1.46. The maximum absolute atomic E-state index is 11.5. The topological polar surface area (TPSA) is 43.4 Å². The highest BCUT2D eigenvalue weighted by molar-refractivity contribution is 6.45. The molecule has 1 unspecified atom stereocenters. The number of carbonyl (C=O) groups excluding carboxylic acids is 2. The van der Waals surface area contributed by atoms with Crippen LogP contribution in [-0.4, -0.2) is 18.4 Å². The summed E-state index contributed by atoms with van der Waals surface area (Å²) >= 11 is 5.85. The van der Waals surface area contributed by atoms with Gasteiger partial charge in [-0.1, -0.05) is 25.4 Å². The highest BCUT2D eigenvalue weighted by atomic mass is 35.5. The molecule has 0 fully saturated rings. The Balaban J connectivity index is 2.77. The van der Waals surface area contributed by atoms with E-state index >= 15 is 0 Å². The van der Waals surface area contributed by atoms with Gasteiger partial charge in [-0.15, -0.1) is 0 Å². The predicted octanol–water partition coefficient (Wildman–Crippen LogP) is 1.90. The number of hydrogen-bond acceptors (Lipinski definition) is 3. The van der Waals surface area contributed by atoms with Crippen molar-refractivity contribution in [3.8, 4) is 0 Å². The van der Waals surface area contributed by atoms with E-state index in [4.69, 9.17) is 11.6 Å². The summed E-state index contributed by atoms with van der Waals surface area (Å²) in [6.07, 6.45) is 0. The zero-order valence-electron chi connectivity index (χ0n) is 8.46. The Morgan fingerprint density at radius 3 is 2.36 bits per heavy atom. The molecule has 3 nitrogen and oxygen atoms in total. The summed E-state index contributed by atoms with van der Waals surface area (Å²) < 4.78 is 4.61. The highest BCUT2D eigenvalue weighted by Gasteiger charge is 2.39. The molecule has 0 N–H and O–H groups in total. The number of halogens is 1. The van der Waals surface area contributed by atoms with Crippen molar-refractivity contribution >= 4 is 23.4 Å². The number of ether oxygens (including phenoxy) is 1. The molecule has 0 aromatic rings. The molecule has 2 atom stereocenters. The van der Waals surface area contributed by atoms with Gasteiger partial charge in [0.05, 0.1) is 6.61 Å². The second-order valence-corrected chi connectivity index (χ2v) is 3.80. The molecular formula is C10H13ClO3. The summed E-state index contributed by atoms with van der Waals surface area (Å²) in [5.41, 5.74) is 0.414. The van der Waals surface area contributed by atoms with Crippen LogP contribution in [0.5, 0.6) is 0 Å². The van der Waals surface area contributed by atoms with E-state index in [0.717, 1.165) is 0 Å². The van der Waals surface area contributed by atoms with Crippen molar-refractivity contribution in [1.29, 1.82) is 0 Å². The van der Waals surface area contributed by atoms with Crippen LogP contribution in [0.4, 0.5) is 0 Å². The predicted molar refractivity (Wildman–Crippen MR) is 52.8 cm³/mol. The molecule has 0 amide bonds. The van der Waals surface area contributed by atoms with Gasteiger partial charge in [0.1, 0.15) is 0 Å². The lowest BCUT2D eigenvalue weighted by Crippen LogP contribution is -2.33. The van der Waals surface area contributed by atoms with E-state index in [1.54, 1.807) is 6.92 Å². The molecule has 4 heteroatoms. The minimum absolute atomic E-state index is 0.0550. The molecular weight excluding hydrogens is 204 g/mol. The van der Waals surface area contributed by atoms with E-state index in [0.29, 0.717) is 10.6 Å². The van der Waals surface area contributed by atoms with Gasteiger partial charge in [-0.2, -0.15) is 0 Å². The summed E-state index contributed by atoms with van der Waals surface area (Å²) in [5.74, 6) is -1.17. The van der Waals surface area contributed by atoms with Crippen LogP contribution in [0.2, 0.25) is 0 Å². The Bertz CT molecular complexity index is 306. The molecule has 0 aromatic carbocycles. The third-order valence-electron chi connectivity index (χ3n) is 2.57. The number of ketones is 1. The molecule has 0 heterocycles. The molecule has 1 aliphatic rings. The Morgan fingerprint density at radius 1 is 1.36 bits per heavy atom. The maximum Gasteiger partial charge on any atom is 0.379 e. The lowest BCUT2D eigenvalue weighted by molar-refractivity contribution is -0.152. The van der Waals surface area contributed by atoms with Crippen LogP contribution >= 0.6 is 11.6 Å². The molecule has 14 heavy (non-hydrogen) atoms. The molecule has 0 aromatic heterocycles. The zero-order chi connectivity index (χ0) is 10.9. The Kier molecular flexibility index (Phi) is 3.32. The van der Waals surface area contributed by atoms with Gasteiger partial charge in [-0.05, 0) is 18.8 Å². The number of Topliss-reactive ketones (excluding diaryl/α,β-unsaturated/α-hetero) is 1. The first-order chi connectivity index (χ1) is 6.50. The monoisotopic (exact) mass is 216 g/mol. The number of allylic oxidation sites excluding steroid dienone is 1. The highest BCUT2D eigenvalue weighted by Crippen LogP contribution is 2.43. The molecule has 78 valence electrons. The number of rotatable bonds is 3. The van der Waals surface area contributed by atoms with Gasteiger partial charge in [0.2, 0.25) is 0 Å². The van der Waals surface area contributed by atoms with Crippen molar-refractivity contribution in [2.24, 2.45) is 11.8 Å². The molecule has 0 spiro atoms. The van der Waals surface area contributed by atoms with E-state index in [2.05, 4.69) is 4.74 Å². The van der Waals surface area contributed by atoms with Crippen LogP contribution in [0.25, 0.3) is 0 Å². The molecule has 0 saturated carbocycles. The van der Waals surface area contributed by atoms with E-state index in [-0.39, 0.29) is 18.4 Å². The van der Waals surface area contributed by atoms with Crippen LogP contribution < -0.4 is 0 Å². The van der Waals surface area contributed by atoms with Crippen LogP contribution in [0.3, 0.4) is 0 Å². The lowest BCUT2D eigenvalue weighted by Gasteiger charge is -2.32. The summed E-state index contributed by atoms with van der Waals surface area (Å²) in [6, 6.07) is 0. The fraction of sp³-hybridized carbons (Fsp3) is 0.600. The van der Waals surface area contributed by atoms with Crippen molar-refractivity contribution in [1.82, 2.24) is 0 Å². The zero-order valence-corrected chi connectivity index (χ0v) is 9.22. The molecule has 0 saturated heterocycles. The molecule has 0 aliphatic heterocycles. The Hall–Kier alpha value is -0.830. The Labute approximate surface area is 88.1 Å². The van der Waals surface area contributed by atoms with E-state index in [9.17, 15) is 9.59 Å². The molecule has 0 bridgehead atoms.